The van der Waals surface area contributed by atoms with E-state index in [9.17, 15) is 19.4 Å². The smallest absolute Gasteiger partial charge is 0.387 e. The number of likely N-dealkylation sites (N-methyl/N-ethyl adjacent to an activating group) is 1. The predicted molar refractivity (Wildman–Crippen MR) is 208 cm³/mol. The average Bonchev–Trinajstić information content (AvgIpc) is 3.04. The first-order chi connectivity index (χ1) is 23.5. The molecule has 0 fully saturated rings. The molecule has 1 amide bonds. The van der Waals surface area contributed by atoms with Gasteiger partial charge in [0.15, 0.2) is 0 Å². The van der Waals surface area contributed by atoms with E-state index in [0.29, 0.717) is 17.4 Å². The van der Waals surface area contributed by atoms with Crippen molar-refractivity contribution in [2.45, 2.75) is 174 Å². The molecule has 0 heterocycles. The first-order valence-corrected chi connectivity index (χ1v) is 21.4. The minimum Gasteiger partial charge on any atom is -0.387 e. The van der Waals surface area contributed by atoms with E-state index in [4.69, 9.17) is 9.05 Å². The molecule has 0 aliphatic carbocycles. The van der Waals surface area contributed by atoms with Crippen molar-refractivity contribution >= 4 is 13.7 Å². The van der Waals surface area contributed by atoms with Crippen molar-refractivity contribution in [3.05, 3.63) is 36.5 Å². The SMILES string of the molecule is CCCC/C=C/CC/C=C/C(O)C(COP(=O)(O)OCC[N+](C)(C)C)NC(=O)CCCCCCCCCCC/C=C\CCCCCCCC. The maximum atomic E-state index is 12.8. The predicted octanol–water partition coefficient (Wildman–Crippen LogP) is 10.4. The van der Waals surface area contributed by atoms with Crippen molar-refractivity contribution in [1.82, 2.24) is 5.32 Å². The largest absolute Gasteiger partial charge is 0.472 e. The van der Waals surface area contributed by atoms with Crippen LogP contribution in [0.25, 0.3) is 0 Å². The molecule has 3 N–H and O–H groups in total. The minimum atomic E-state index is -4.33. The number of allylic oxidation sites excluding steroid dienone is 5. The van der Waals surface area contributed by atoms with Gasteiger partial charge in [-0.2, -0.15) is 0 Å². The molecule has 0 aromatic rings. The van der Waals surface area contributed by atoms with E-state index in [1.807, 2.05) is 27.2 Å². The van der Waals surface area contributed by atoms with Gasteiger partial charge in [-0.05, 0) is 51.4 Å². The van der Waals surface area contributed by atoms with Crippen LogP contribution in [0, 0.1) is 0 Å². The molecule has 3 atom stereocenters. The Kier molecular flexibility index (Phi) is 31.8. The third-order valence-electron chi connectivity index (χ3n) is 8.58. The zero-order valence-corrected chi connectivity index (χ0v) is 33.3. The van der Waals surface area contributed by atoms with Gasteiger partial charge >= 0.3 is 7.82 Å². The number of aliphatic hydroxyl groups excluding tert-OH is 1. The monoisotopic (exact) mass is 714 g/mol. The summed E-state index contributed by atoms with van der Waals surface area (Å²) < 4.78 is 23.4. The van der Waals surface area contributed by atoms with E-state index in [1.54, 1.807) is 6.08 Å². The number of aliphatic hydroxyl groups is 1. The van der Waals surface area contributed by atoms with Crippen molar-refractivity contribution in [3.8, 4) is 0 Å². The summed E-state index contributed by atoms with van der Waals surface area (Å²) in [4.78, 5) is 22.9. The van der Waals surface area contributed by atoms with Gasteiger partial charge in [0.2, 0.25) is 5.91 Å². The fourth-order valence-electron chi connectivity index (χ4n) is 5.33. The number of quaternary nitrogens is 1. The zero-order valence-electron chi connectivity index (χ0n) is 32.4. The van der Waals surface area contributed by atoms with E-state index < -0.39 is 20.0 Å². The number of hydrogen-bond acceptors (Lipinski definition) is 5. The molecule has 3 unspecified atom stereocenters. The Morgan fingerprint density at radius 3 is 1.69 bits per heavy atom. The van der Waals surface area contributed by atoms with E-state index in [-0.39, 0.29) is 19.1 Å². The lowest BCUT2D eigenvalue weighted by atomic mass is 10.0. The molecule has 0 radical (unpaired) electrons. The molecule has 0 spiro atoms. The number of nitrogens with zero attached hydrogens (tertiary/aromatic N) is 1. The number of rotatable bonds is 35. The highest BCUT2D eigenvalue weighted by Gasteiger charge is 2.27. The summed E-state index contributed by atoms with van der Waals surface area (Å²) >= 11 is 0. The summed E-state index contributed by atoms with van der Waals surface area (Å²) in [5.74, 6) is -0.195. The molecule has 0 aromatic heterocycles. The quantitative estimate of drug-likeness (QED) is 0.0261. The second-order valence-corrected chi connectivity index (χ2v) is 16.1. The summed E-state index contributed by atoms with van der Waals surface area (Å²) in [6.45, 7) is 4.69. The lowest BCUT2D eigenvalue weighted by Gasteiger charge is -2.25. The van der Waals surface area contributed by atoms with Crippen molar-refractivity contribution in [3.63, 3.8) is 0 Å². The summed E-state index contributed by atoms with van der Waals surface area (Å²) in [6, 6.07) is -0.859. The van der Waals surface area contributed by atoms with Crippen LogP contribution >= 0.6 is 7.82 Å². The Balaban J connectivity index is 4.34. The molecule has 0 aromatic carbocycles. The third kappa shape index (κ3) is 34.9. The second kappa shape index (κ2) is 32.6. The number of carbonyl (C=O) groups is 1. The maximum Gasteiger partial charge on any atom is 0.472 e. The summed E-state index contributed by atoms with van der Waals surface area (Å²) in [5, 5.41) is 13.7. The first kappa shape index (κ1) is 47.7. The number of unbranched alkanes of at least 4 members (excludes halogenated alkanes) is 18. The van der Waals surface area contributed by atoms with Crippen LogP contribution in [-0.4, -0.2) is 73.4 Å². The van der Waals surface area contributed by atoms with Crippen LogP contribution in [0.4, 0.5) is 0 Å². The lowest BCUT2D eigenvalue weighted by Crippen LogP contribution is -2.45. The Labute approximate surface area is 302 Å². The number of nitrogens with one attached hydrogen (secondary N) is 1. The van der Waals surface area contributed by atoms with Crippen molar-refractivity contribution < 1.29 is 32.9 Å². The van der Waals surface area contributed by atoms with Gasteiger partial charge in [-0.25, -0.2) is 4.57 Å². The Morgan fingerprint density at radius 1 is 0.673 bits per heavy atom. The fraction of sp³-hybridized carbons (Fsp3) is 0.825. The molecule has 288 valence electrons. The Morgan fingerprint density at radius 2 is 1.14 bits per heavy atom. The van der Waals surface area contributed by atoms with Gasteiger partial charge in [-0.15, -0.1) is 0 Å². The van der Waals surface area contributed by atoms with E-state index in [0.717, 1.165) is 38.5 Å². The normalized spacial score (nSPS) is 15.0. The van der Waals surface area contributed by atoms with E-state index in [1.165, 1.54) is 103 Å². The summed E-state index contributed by atoms with van der Waals surface area (Å²) in [5.41, 5.74) is 0. The Hall–Kier alpha value is -1.28. The van der Waals surface area contributed by atoms with Crippen molar-refractivity contribution in [2.24, 2.45) is 0 Å². The molecule has 9 heteroatoms. The van der Waals surface area contributed by atoms with Crippen molar-refractivity contribution in [2.75, 3.05) is 40.9 Å². The number of carbonyl (C=O) groups excluding carboxylic acids is 1. The van der Waals surface area contributed by atoms with E-state index in [2.05, 4.69) is 43.5 Å². The van der Waals surface area contributed by atoms with Gasteiger partial charge in [0, 0.05) is 6.42 Å². The molecule has 0 saturated carbocycles. The molecule has 0 rings (SSSR count). The molecular formula is C40H78N2O6P+. The summed E-state index contributed by atoms with van der Waals surface area (Å²) in [7, 11) is 1.55. The van der Waals surface area contributed by atoms with Gasteiger partial charge in [0.1, 0.15) is 13.2 Å². The van der Waals surface area contributed by atoms with Gasteiger partial charge in [-0.3, -0.25) is 13.8 Å². The molecule has 8 nitrogen and oxygen atoms in total. The molecule has 0 aliphatic rings. The van der Waals surface area contributed by atoms with Crippen LogP contribution in [0.3, 0.4) is 0 Å². The topological polar surface area (TPSA) is 105 Å². The molecular weight excluding hydrogens is 635 g/mol. The Bertz CT molecular complexity index is 902. The lowest BCUT2D eigenvalue weighted by molar-refractivity contribution is -0.870. The maximum absolute atomic E-state index is 12.8. The van der Waals surface area contributed by atoms with E-state index >= 15 is 0 Å². The van der Waals surface area contributed by atoms with Crippen LogP contribution < -0.4 is 5.32 Å². The van der Waals surface area contributed by atoms with Gasteiger partial charge in [-0.1, -0.05) is 140 Å². The van der Waals surface area contributed by atoms with Crippen molar-refractivity contribution in [1.29, 1.82) is 0 Å². The fourth-order valence-corrected chi connectivity index (χ4v) is 6.07. The number of amides is 1. The van der Waals surface area contributed by atoms with Crippen LogP contribution in [-0.2, 0) is 18.4 Å². The molecule has 0 bridgehead atoms. The number of phosphoric ester groups is 1. The standard InChI is InChI=1S/C40H77N2O6P/c1-6-8-10-12-14-16-17-18-19-20-21-22-23-24-25-26-28-30-32-34-40(44)41-38(37-48-49(45,46)47-36-35-42(3,4)5)39(43)33-31-29-27-15-13-11-9-7-2/h13,15,18-19,31,33,38-39,43H,6-12,14,16-17,20-30,32,34-37H2,1-5H3,(H-,41,44,45,46)/p+1/b15-13+,19-18-,33-31+. The first-order valence-electron chi connectivity index (χ1n) is 19.9. The zero-order chi connectivity index (χ0) is 36.5. The number of phosphoric acid groups is 1. The molecule has 0 saturated heterocycles. The molecule has 0 aliphatic heterocycles. The van der Waals surface area contributed by atoms with Crippen LogP contribution in [0.1, 0.15) is 162 Å². The summed E-state index contributed by atoms with van der Waals surface area (Å²) in [6.07, 6.45) is 38.0. The number of hydrogen-bond donors (Lipinski definition) is 3. The highest BCUT2D eigenvalue weighted by molar-refractivity contribution is 7.47. The highest BCUT2D eigenvalue weighted by atomic mass is 31.2. The highest BCUT2D eigenvalue weighted by Crippen LogP contribution is 2.43. The second-order valence-electron chi connectivity index (χ2n) is 14.6. The average molecular weight is 714 g/mol. The van der Waals surface area contributed by atoms with Gasteiger partial charge in [0.25, 0.3) is 0 Å². The van der Waals surface area contributed by atoms with Crippen LogP contribution in [0.15, 0.2) is 36.5 Å². The minimum absolute atomic E-state index is 0.0551. The van der Waals surface area contributed by atoms with Crippen LogP contribution in [0.5, 0.6) is 0 Å². The van der Waals surface area contributed by atoms with Gasteiger partial charge < -0.3 is 19.8 Å². The van der Waals surface area contributed by atoms with Crippen LogP contribution in [0.2, 0.25) is 0 Å². The van der Waals surface area contributed by atoms with Gasteiger partial charge in [0.05, 0.1) is 39.9 Å². The molecule has 49 heavy (non-hydrogen) atoms. The third-order valence-corrected chi connectivity index (χ3v) is 9.57.